The maximum atomic E-state index is 13.3. The van der Waals surface area contributed by atoms with E-state index in [-0.39, 0.29) is 24.0 Å². The summed E-state index contributed by atoms with van der Waals surface area (Å²) in [6.07, 6.45) is 1.97. The zero-order chi connectivity index (χ0) is 23.3. The minimum atomic E-state index is -4.29. The SMILES string of the molecule is O=C(COc1ncc(Br)cc1CS(=O)(=O)O)N1CCN(CCc2ccc(F)c(F)c2)CC1. The molecule has 1 fully saturated rings. The summed E-state index contributed by atoms with van der Waals surface area (Å²) in [4.78, 5) is 20.2. The van der Waals surface area contributed by atoms with Crippen LogP contribution in [0.2, 0.25) is 0 Å². The van der Waals surface area contributed by atoms with Gasteiger partial charge >= 0.3 is 0 Å². The van der Waals surface area contributed by atoms with Crippen molar-refractivity contribution in [2.75, 3.05) is 39.3 Å². The summed E-state index contributed by atoms with van der Waals surface area (Å²) in [5.74, 6) is -2.72. The number of benzene rings is 1. The first-order valence-corrected chi connectivity index (χ1v) is 12.2. The number of nitrogens with zero attached hydrogens (tertiary/aromatic N) is 3. The predicted molar refractivity (Wildman–Crippen MR) is 116 cm³/mol. The molecule has 0 radical (unpaired) electrons. The van der Waals surface area contributed by atoms with Crippen molar-refractivity contribution < 1.29 is 31.3 Å². The predicted octanol–water partition coefficient (Wildman–Crippen LogP) is 2.28. The fraction of sp³-hybridized carbons (Fsp3) is 0.400. The first-order chi connectivity index (χ1) is 15.1. The van der Waals surface area contributed by atoms with Crippen LogP contribution in [0.5, 0.6) is 5.88 Å². The first kappa shape index (κ1) is 24.5. The summed E-state index contributed by atoms with van der Waals surface area (Å²) in [7, 11) is -4.29. The number of halogens is 3. The third-order valence-corrected chi connectivity index (χ3v) is 6.10. The lowest BCUT2D eigenvalue weighted by Crippen LogP contribution is -2.50. The minimum absolute atomic E-state index is 0.0376. The molecule has 1 aromatic heterocycles. The Morgan fingerprint density at radius 2 is 1.88 bits per heavy atom. The topological polar surface area (TPSA) is 100 Å². The highest BCUT2D eigenvalue weighted by Crippen LogP contribution is 2.22. The van der Waals surface area contributed by atoms with Gasteiger partial charge in [0.25, 0.3) is 16.0 Å². The molecular weight excluding hydrogens is 512 g/mol. The fourth-order valence-electron chi connectivity index (χ4n) is 3.32. The van der Waals surface area contributed by atoms with Crippen LogP contribution < -0.4 is 4.74 Å². The van der Waals surface area contributed by atoms with Crippen LogP contribution >= 0.6 is 15.9 Å². The van der Waals surface area contributed by atoms with Crippen molar-refractivity contribution in [2.24, 2.45) is 0 Å². The molecule has 2 heterocycles. The Balaban J connectivity index is 1.47. The van der Waals surface area contributed by atoms with Gasteiger partial charge in [-0.25, -0.2) is 13.8 Å². The summed E-state index contributed by atoms with van der Waals surface area (Å²) in [5.41, 5.74) is 0.843. The lowest BCUT2D eigenvalue weighted by atomic mass is 10.1. The number of piperazine rings is 1. The van der Waals surface area contributed by atoms with E-state index < -0.39 is 27.5 Å². The molecule has 1 aliphatic heterocycles. The number of carbonyl (C=O) groups excluding carboxylic acids is 1. The van der Waals surface area contributed by atoms with Gasteiger partial charge in [0, 0.05) is 49.0 Å². The molecule has 1 saturated heterocycles. The molecule has 0 atom stereocenters. The average Bonchev–Trinajstić information content (AvgIpc) is 2.73. The Morgan fingerprint density at radius 1 is 1.16 bits per heavy atom. The number of pyridine rings is 1. The first-order valence-electron chi connectivity index (χ1n) is 9.77. The number of aromatic nitrogens is 1. The Morgan fingerprint density at radius 3 is 2.53 bits per heavy atom. The van der Waals surface area contributed by atoms with E-state index in [1.54, 1.807) is 11.0 Å². The molecule has 2 aromatic rings. The van der Waals surface area contributed by atoms with Crippen molar-refractivity contribution in [2.45, 2.75) is 12.2 Å². The second-order valence-corrected chi connectivity index (χ2v) is 9.72. The highest BCUT2D eigenvalue weighted by molar-refractivity contribution is 9.10. The molecule has 0 bridgehead atoms. The zero-order valence-corrected chi connectivity index (χ0v) is 19.4. The van der Waals surface area contributed by atoms with E-state index in [2.05, 4.69) is 25.8 Å². The molecule has 174 valence electrons. The molecule has 1 aliphatic rings. The van der Waals surface area contributed by atoms with E-state index >= 15 is 0 Å². The van der Waals surface area contributed by atoms with Gasteiger partial charge in [-0.1, -0.05) is 6.07 Å². The maximum Gasteiger partial charge on any atom is 0.269 e. The molecular formula is C20H22BrF2N3O5S. The summed E-state index contributed by atoms with van der Waals surface area (Å²) < 4.78 is 63.8. The summed E-state index contributed by atoms with van der Waals surface area (Å²) >= 11 is 3.18. The van der Waals surface area contributed by atoms with Crippen LogP contribution in [0.25, 0.3) is 0 Å². The van der Waals surface area contributed by atoms with Gasteiger partial charge in [0.05, 0.1) is 0 Å². The van der Waals surface area contributed by atoms with Crippen LogP contribution in [0.15, 0.2) is 34.9 Å². The van der Waals surface area contributed by atoms with Crippen molar-refractivity contribution in [3.8, 4) is 5.88 Å². The lowest BCUT2D eigenvalue weighted by molar-refractivity contribution is -0.135. The molecule has 0 saturated carbocycles. The van der Waals surface area contributed by atoms with Crippen LogP contribution in [0.1, 0.15) is 11.1 Å². The largest absolute Gasteiger partial charge is 0.467 e. The van der Waals surface area contributed by atoms with Crippen molar-refractivity contribution in [1.82, 2.24) is 14.8 Å². The Hall–Kier alpha value is -2.15. The van der Waals surface area contributed by atoms with E-state index in [0.29, 0.717) is 49.2 Å². The lowest BCUT2D eigenvalue weighted by Gasteiger charge is -2.34. The van der Waals surface area contributed by atoms with Gasteiger partial charge in [0.1, 0.15) is 5.75 Å². The molecule has 0 spiro atoms. The number of carbonyl (C=O) groups is 1. The molecule has 1 N–H and O–H groups in total. The van der Waals surface area contributed by atoms with Crippen LogP contribution in [0.4, 0.5) is 8.78 Å². The molecule has 32 heavy (non-hydrogen) atoms. The molecule has 1 aromatic carbocycles. The number of rotatable bonds is 8. The number of hydrogen-bond acceptors (Lipinski definition) is 6. The molecule has 8 nitrogen and oxygen atoms in total. The maximum absolute atomic E-state index is 13.3. The second kappa shape index (κ2) is 10.6. The van der Waals surface area contributed by atoms with Crippen molar-refractivity contribution >= 4 is 32.0 Å². The van der Waals surface area contributed by atoms with Crippen molar-refractivity contribution in [3.05, 3.63) is 57.7 Å². The van der Waals surface area contributed by atoms with E-state index in [9.17, 15) is 22.0 Å². The van der Waals surface area contributed by atoms with E-state index in [0.717, 1.165) is 6.07 Å². The smallest absolute Gasteiger partial charge is 0.269 e. The van der Waals surface area contributed by atoms with Gasteiger partial charge < -0.3 is 9.64 Å². The standard InChI is InChI=1S/C20H22BrF2N3O5S/c21-16-10-15(13-32(28,29)30)20(24-11-16)31-12-19(27)26-7-5-25(6-8-26)4-3-14-1-2-17(22)18(23)9-14/h1-2,9-11H,3-8,12-13H2,(H,28,29,30). The van der Waals surface area contributed by atoms with Gasteiger partial charge in [-0.15, -0.1) is 0 Å². The van der Waals surface area contributed by atoms with Crippen LogP contribution in [-0.4, -0.2) is 73.0 Å². The van der Waals surface area contributed by atoms with E-state index in [1.165, 1.54) is 18.3 Å². The highest BCUT2D eigenvalue weighted by atomic mass is 79.9. The second-order valence-electron chi connectivity index (χ2n) is 7.35. The normalized spacial score (nSPS) is 15.1. The molecule has 0 unspecified atom stereocenters. The Bertz CT molecular complexity index is 1080. The quantitative estimate of drug-likeness (QED) is 0.519. The summed E-state index contributed by atoms with van der Waals surface area (Å²) in [6, 6.07) is 5.32. The molecule has 1 amide bonds. The van der Waals surface area contributed by atoms with Crippen molar-refractivity contribution in [3.63, 3.8) is 0 Å². The van der Waals surface area contributed by atoms with Gasteiger partial charge in [0.2, 0.25) is 5.88 Å². The van der Waals surface area contributed by atoms with E-state index in [4.69, 9.17) is 9.29 Å². The average molecular weight is 534 g/mol. The Kier molecular flexibility index (Phi) is 8.15. The van der Waals surface area contributed by atoms with Gasteiger partial charge in [-0.2, -0.15) is 8.42 Å². The number of amides is 1. The van der Waals surface area contributed by atoms with Crippen LogP contribution in [-0.2, 0) is 27.1 Å². The summed E-state index contributed by atoms with van der Waals surface area (Å²) in [5, 5.41) is 0. The Labute approximate surface area is 193 Å². The third-order valence-electron chi connectivity index (χ3n) is 4.99. The van der Waals surface area contributed by atoms with Crippen LogP contribution in [0.3, 0.4) is 0 Å². The minimum Gasteiger partial charge on any atom is -0.467 e. The van der Waals surface area contributed by atoms with Crippen molar-refractivity contribution in [1.29, 1.82) is 0 Å². The monoisotopic (exact) mass is 533 g/mol. The third kappa shape index (κ3) is 7.19. The highest BCUT2D eigenvalue weighted by Gasteiger charge is 2.22. The molecule has 12 heteroatoms. The number of ether oxygens (including phenoxy) is 1. The summed E-state index contributed by atoms with van der Waals surface area (Å²) in [6.45, 7) is 2.55. The van der Waals surface area contributed by atoms with Crippen LogP contribution in [0, 0.1) is 11.6 Å². The molecule has 0 aliphatic carbocycles. The van der Waals surface area contributed by atoms with Gasteiger partial charge in [-0.3, -0.25) is 14.2 Å². The van der Waals surface area contributed by atoms with Gasteiger partial charge in [-0.05, 0) is 46.1 Å². The van der Waals surface area contributed by atoms with Gasteiger partial charge in [0.15, 0.2) is 18.2 Å². The zero-order valence-electron chi connectivity index (χ0n) is 17.0. The fourth-order valence-corrected chi connectivity index (χ4v) is 4.30. The van der Waals surface area contributed by atoms with E-state index in [1.807, 2.05) is 0 Å². The molecule has 3 rings (SSSR count). The number of hydrogen-bond donors (Lipinski definition) is 1.